The highest BCUT2D eigenvalue weighted by Gasteiger charge is 2.01. The van der Waals surface area contributed by atoms with E-state index >= 15 is 0 Å². The van der Waals surface area contributed by atoms with Crippen molar-refractivity contribution >= 4 is 16.5 Å². The number of rotatable bonds is 5. The maximum atomic E-state index is 5.61. The molecule has 0 bridgehead atoms. The molecule has 0 saturated heterocycles. The summed E-state index contributed by atoms with van der Waals surface area (Å²) in [5.41, 5.74) is 6.83. The van der Waals surface area contributed by atoms with Crippen molar-refractivity contribution in [2.75, 3.05) is 18.4 Å². The normalized spacial score (nSPS) is 12.6. The Kier molecular flexibility index (Phi) is 3.99. The Balaban J connectivity index is 2.08. The highest BCUT2D eigenvalue weighted by atomic mass is 14.9. The molecule has 0 amide bonds. The van der Waals surface area contributed by atoms with Crippen molar-refractivity contribution in [1.29, 1.82) is 0 Å². The summed E-state index contributed by atoms with van der Waals surface area (Å²) in [6.07, 6.45) is 1.11. The molecule has 0 radical (unpaired) electrons. The lowest BCUT2D eigenvalue weighted by Gasteiger charge is -2.12. The van der Waals surface area contributed by atoms with Crippen molar-refractivity contribution in [3.63, 3.8) is 0 Å². The van der Waals surface area contributed by atoms with E-state index in [0.29, 0.717) is 5.92 Å². The van der Waals surface area contributed by atoms with Crippen LogP contribution in [0.15, 0.2) is 42.5 Å². The van der Waals surface area contributed by atoms with Gasteiger partial charge in [-0.05, 0) is 30.3 Å². The molecule has 0 aliphatic rings. The molecule has 0 aliphatic carbocycles. The Morgan fingerprint density at radius 2 is 1.88 bits per heavy atom. The number of fused-ring (bicyclic) bond motifs is 1. The Morgan fingerprint density at radius 3 is 2.71 bits per heavy atom. The Morgan fingerprint density at radius 1 is 1.12 bits per heavy atom. The molecule has 2 rings (SSSR count). The van der Waals surface area contributed by atoms with Gasteiger partial charge >= 0.3 is 0 Å². The van der Waals surface area contributed by atoms with Crippen molar-refractivity contribution in [2.45, 2.75) is 13.3 Å². The van der Waals surface area contributed by atoms with Gasteiger partial charge in [0.2, 0.25) is 0 Å². The first-order valence-corrected chi connectivity index (χ1v) is 6.23. The minimum atomic E-state index is 0.581. The van der Waals surface area contributed by atoms with Crippen LogP contribution in [0.5, 0.6) is 0 Å². The molecule has 0 fully saturated rings. The van der Waals surface area contributed by atoms with E-state index < -0.39 is 0 Å². The van der Waals surface area contributed by atoms with Crippen molar-refractivity contribution in [1.82, 2.24) is 0 Å². The van der Waals surface area contributed by atoms with Gasteiger partial charge in [0.1, 0.15) is 0 Å². The van der Waals surface area contributed by atoms with E-state index in [1.165, 1.54) is 16.5 Å². The van der Waals surface area contributed by atoms with Crippen LogP contribution >= 0.6 is 0 Å². The Labute approximate surface area is 103 Å². The summed E-state index contributed by atoms with van der Waals surface area (Å²) >= 11 is 0. The van der Waals surface area contributed by atoms with Gasteiger partial charge in [-0.3, -0.25) is 0 Å². The van der Waals surface area contributed by atoms with Crippen LogP contribution in [0.25, 0.3) is 10.8 Å². The van der Waals surface area contributed by atoms with Gasteiger partial charge in [0.05, 0.1) is 0 Å². The average Bonchev–Trinajstić information content (AvgIpc) is 2.39. The lowest BCUT2D eigenvalue weighted by molar-refractivity contribution is 0.561. The number of anilines is 1. The van der Waals surface area contributed by atoms with Crippen LogP contribution in [0.3, 0.4) is 0 Å². The first kappa shape index (κ1) is 11.9. The van der Waals surface area contributed by atoms with Crippen LogP contribution in [-0.2, 0) is 0 Å². The van der Waals surface area contributed by atoms with Gasteiger partial charge in [-0.1, -0.05) is 43.3 Å². The van der Waals surface area contributed by atoms with Crippen LogP contribution < -0.4 is 11.1 Å². The van der Waals surface area contributed by atoms with Crippen molar-refractivity contribution in [3.05, 3.63) is 42.5 Å². The number of hydrogen-bond acceptors (Lipinski definition) is 2. The summed E-state index contributed by atoms with van der Waals surface area (Å²) in [7, 11) is 0. The summed E-state index contributed by atoms with van der Waals surface area (Å²) in [4.78, 5) is 0. The predicted octanol–water partition coefficient (Wildman–Crippen LogP) is 3.24. The zero-order valence-corrected chi connectivity index (χ0v) is 10.3. The lowest BCUT2D eigenvalue weighted by Crippen LogP contribution is -2.15. The molecule has 0 spiro atoms. The van der Waals surface area contributed by atoms with Crippen LogP contribution in [0.1, 0.15) is 13.3 Å². The lowest BCUT2D eigenvalue weighted by atomic mass is 10.1. The van der Waals surface area contributed by atoms with E-state index in [-0.39, 0.29) is 0 Å². The average molecular weight is 228 g/mol. The molecule has 0 aromatic heterocycles. The quantitative estimate of drug-likeness (QED) is 0.824. The fourth-order valence-electron chi connectivity index (χ4n) is 1.95. The zero-order chi connectivity index (χ0) is 12.1. The van der Waals surface area contributed by atoms with Gasteiger partial charge < -0.3 is 11.1 Å². The van der Waals surface area contributed by atoms with E-state index in [9.17, 15) is 0 Å². The zero-order valence-electron chi connectivity index (χ0n) is 10.3. The molecule has 3 N–H and O–H groups in total. The molecule has 2 aromatic rings. The molecule has 0 heterocycles. The van der Waals surface area contributed by atoms with Crippen molar-refractivity contribution in [2.24, 2.45) is 11.7 Å². The van der Waals surface area contributed by atoms with E-state index in [4.69, 9.17) is 5.73 Å². The van der Waals surface area contributed by atoms with E-state index in [1.54, 1.807) is 0 Å². The molecule has 0 aliphatic heterocycles. The van der Waals surface area contributed by atoms with Crippen molar-refractivity contribution in [3.8, 4) is 0 Å². The highest BCUT2D eigenvalue weighted by Crippen LogP contribution is 2.22. The third-order valence-electron chi connectivity index (χ3n) is 3.14. The summed E-state index contributed by atoms with van der Waals surface area (Å²) in [6.45, 7) is 3.92. The smallest absolute Gasteiger partial charge is 0.0419 e. The predicted molar refractivity (Wildman–Crippen MR) is 75.3 cm³/mol. The molecule has 17 heavy (non-hydrogen) atoms. The topological polar surface area (TPSA) is 38.0 Å². The molecule has 1 atom stereocenters. The Hall–Kier alpha value is -1.54. The SMILES string of the molecule is CC(CN)CCNc1cccc2ccccc12. The van der Waals surface area contributed by atoms with Crippen LogP contribution in [0.2, 0.25) is 0 Å². The van der Waals surface area contributed by atoms with Gasteiger partial charge in [-0.15, -0.1) is 0 Å². The first-order valence-electron chi connectivity index (χ1n) is 6.23. The monoisotopic (exact) mass is 228 g/mol. The number of benzene rings is 2. The third kappa shape index (κ3) is 2.98. The number of nitrogens with one attached hydrogen (secondary N) is 1. The third-order valence-corrected chi connectivity index (χ3v) is 3.14. The van der Waals surface area contributed by atoms with E-state index in [2.05, 4.69) is 54.7 Å². The second kappa shape index (κ2) is 5.69. The van der Waals surface area contributed by atoms with Gasteiger partial charge in [0.25, 0.3) is 0 Å². The number of hydrogen-bond donors (Lipinski definition) is 2. The van der Waals surface area contributed by atoms with Crippen molar-refractivity contribution < 1.29 is 0 Å². The van der Waals surface area contributed by atoms with Crippen LogP contribution in [0, 0.1) is 5.92 Å². The first-order chi connectivity index (χ1) is 8.31. The minimum Gasteiger partial charge on any atom is -0.385 e. The highest BCUT2D eigenvalue weighted by molar-refractivity contribution is 5.93. The largest absolute Gasteiger partial charge is 0.385 e. The molecular weight excluding hydrogens is 208 g/mol. The summed E-state index contributed by atoms with van der Waals surface area (Å²) < 4.78 is 0. The maximum Gasteiger partial charge on any atom is 0.0419 e. The van der Waals surface area contributed by atoms with Gasteiger partial charge in [0, 0.05) is 17.6 Å². The summed E-state index contributed by atoms with van der Waals surface area (Å²) in [5.74, 6) is 0.581. The van der Waals surface area contributed by atoms with Gasteiger partial charge in [0.15, 0.2) is 0 Å². The fraction of sp³-hybridized carbons (Fsp3) is 0.333. The number of nitrogens with two attached hydrogens (primary N) is 1. The van der Waals surface area contributed by atoms with E-state index in [1.807, 2.05) is 0 Å². The standard InChI is InChI=1S/C15H20N2/c1-12(11-16)9-10-17-15-8-4-6-13-5-2-3-7-14(13)15/h2-8,12,17H,9-11,16H2,1H3. The summed E-state index contributed by atoms with van der Waals surface area (Å²) in [5, 5.41) is 6.07. The van der Waals surface area contributed by atoms with Gasteiger partial charge in [-0.25, -0.2) is 0 Å². The van der Waals surface area contributed by atoms with Crippen LogP contribution in [-0.4, -0.2) is 13.1 Å². The molecular formula is C15H20N2. The minimum absolute atomic E-state index is 0.581. The molecule has 2 nitrogen and oxygen atoms in total. The molecule has 2 heteroatoms. The van der Waals surface area contributed by atoms with Gasteiger partial charge in [-0.2, -0.15) is 0 Å². The molecule has 90 valence electrons. The van der Waals surface area contributed by atoms with Crippen LogP contribution in [0.4, 0.5) is 5.69 Å². The molecule has 0 saturated carbocycles. The second-order valence-corrected chi connectivity index (χ2v) is 4.58. The summed E-state index contributed by atoms with van der Waals surface area (Å²) in [6, 6.07) is 14.8. The molecule has 2 aromatic carbocycles. The molecule has 1 unspecified atom stereocenters. The fourth-order valence-corrected chi connectivity index (χ4v) is 1.95. The second-order valence-electron chi connectivity index (χ2n) is 4.58. The van der Waals surface area contributed by atoms with E-state index in [0.717, 1.165) is 19.5 Å². The Bertz CT molecular complexity index is 474. The maximum absolute atomic E-state index is 5.61.